The number of rotatable bonds is 3. The van der Waals surface area contributed by atoms with Crippen molar-refractivity contribution in [2.45, 2.75) is 0 Å². The highest BCUT2D eigenvalue weighted by molar-refractivity contribution is 5.30. The van der Waals surface area contributed by atoms with E-state index in [1.54, 1.807) is 0 Å². The summed E-state index contributed by atoms with van der Waals surface area (Å²) >= 11 is 0. The molecular formula is C14H16O3. The van der Waals surface area contributed by atoms with Gasteiger partial charge < -0.3 is 14.9 Å². The van der Waals surface area contributed by atoms with E-state index >= 15 is 0 Å². The lowest BCUT2D eigenvalue weighted by molar-refractivity contribution is 0.186. The second-order valence-corrected chi connectivity index (χ2v) is 3.18. The lowest BCUT2D eigenvalue weighted by Gasteiger charge is -2.03. The second kappa shape index (κ2) is 8.33. The Morgan fingerprint density at radius 3 is 1.29 bits per heavy atom. The number of aliphatic hydroxyl groups is 2. The van der Waals surface area contributed by atoms with Gasteiger partial charge in [0.15, 0.2) is 0 Å². The summed E-state index contributed by atoms with van der Waals surface area (Å²) in [7, 11) is 0. The van der Waals surface area contributed by atoms with Gasteiger partial charge in [0.1, 0.15) is 11.5 Å². The molecule has 0 saturated carbocycles. The molecule has 90 valence electrons. The van der Waals surface area contributed by atoms with Gasteiger partial charge in [0.2, 0.25) is 0 Å². The van der Waals surface area contributed by atoms with Gasteiger partial charge in [0.25, 0.3) is 0 Å². The highest BCUT2D eigenvalue weighted by atomic mass is 16.5. The summed E-state index contributed by atoms with van der Waals surface area (Å²) in [6.07, 6.45) is 0. The zero-order valence-corrected chi connectivity index (χ0v) is 9.49. The van der Waals surface area contributed by atoms with Crippen molar-refractivity contribution in [1.29, 1.82) is 0 Å². The van der Waals surface area contributed by atoms with Crippen molar-refractivity contribution in [3.63, 3.8) is 0 Å². The number of hydrogen-bond donors (Lipinski definition) is 2. The van der Waals surface area contributed by atoms with E-state index in [1.165, 1.54) is 0 Å². The molecule has 2 aromatic rings. The summed E-state index contributed by atoms with van der Waals surface area (Å²) in [6, 6.07) is 19.5. The van der Waals surface area contributed by atoms with Gasteiger partial charge in [-0.05, 0) is 24.3 Å². The highest BCUT2D eigenvalue weighted by Gasteiger charge is 1.92. The van der Waals surface area contributed by atoms with Gasteiger partial charge in [-0.1, -0.05) is 36.4 Å². The number of hydrogen-bond acceptors (Lipinski definition) is 3. The quantitative estimate of drug-likeness (QED) is 0.854. The van der Waals surface area contributed by atoms with Crippen LogP contribution >= 0.6 is 0 Å². The maximum Gasteiger partial charge on any atom is 0.127 e. The van der Waals surface area contributed by atoms with Crippen molar-refractivity contribution in [2.75, 3.05) is 13.2 Å². The Morgan fingerprint density at radius 2 is 1.00 bits per heavy atom. The van der Waals surface area contributed by atoms with Crippen LogP contribution in [0.15, 0.2) is 60.7 Å². The van der Waals surface area contributed by atoms with Gasteiger partial charge >= 0.3 is 0 Å². The third kappa shape index (κ3) is 5.70. The van der Waals surface area contributed by atoms with Gasteiger partial charge in [0, 0.05) is 0 Å². The smallest absolute Gasteiger partial charge is 0.127 e. The molecule has 17 heavy (non-hydrogen) atoms. The van der Waals surface area contributed by atoms with E-state index in [1.807, 2.05) is 60.7 Å². The molecule has 0 heterocycles. The highest BCUT2D eigenvalue weighted by Crippen LogP contribution is 2.19. The van der Waals surface area contributed by atoms with Gasteiger partial charge in [-0.3, -0.25) is 0 Å². The molecule has 2 rings (SSSR count). The van der Waals surface area contributed by atoms with Crippen LogP contribution in [0, 0.1) is 0 Å². The van der Waals surface area contributed by atoms with Gasteiger partial charge in [-0.2, -0.15) is 0 Å². The molecule has 2 N–H and O–H groups in total. The summed E-state index contributed by atoms with van der Waals surface area (Å²) in [5.41, 5.74) is 0. The number of aliphatic hydroxyl groups excluding tert-OH is 2. The van der Waals surface area contributed by atoms with Gasteiger partial charge in [-0.15, -0.1) is 0 Å². The summed E-state index contributed by atoms with van der Waals surface area (Å²) in [5, 5.41) is 15.2. The van der Waals surface area contributed by atoms with Crippen LogP contribution in [0.4, 0.5) is 0 Å². The van der Waals surface area contributed by atoms with Crippen LogP contribution in [0.1, 0.15) is 0 Å². The second-order valence-electron chi connectivity index (χ2n) is 3.18. The molecule has 0 unspecified atom stereocenters. The molecule has 0 aliphatic carbocycles. The summed E-state index contributed by atoms with van der Waals surface area (Å²) in [6.45, 7) is -0.250. The van der Waals surface area contributed by atoms with E-state index in [4.69, 9.17) is 14.9 Å². The molecule has 0 aliphatic rings. The van der Waals surface area contributed by atoms with Crippen molar-refractivity contribution < 1.29 is 14.9 Å². The molecule has 0 aliphatic heterocycles. The molecule has 0 radical (unpaired) electrons. The molecule has 0 bridgehead atoms. The molecule has 0 aromatic heterocycles. The maximum atomic E-state index is 7.62. The molecule has 2 aromatic carbocycles. The fourth-order valence-electron chi connectivity index (χ4n) is 1.11. The molecule has 3 nitrogen and oxygen atoms in total. The molecular weight excluding hydrogens is 216 g/mol. The van der Waals surface area contributed by atoms with Gasteiger partial charge in [-0.25, -0.2) is 0 Å². The largest absolute Gasteiger partial charge is 0.457 e. The minimum Gasteiger partial charge on any atom is -0.457 e. The summed E-state index contributed by atoms with van der Waals surface area (Å²) in [4.78, 5) is 0. The average Bonchev–Trinajstić information content (AvgIpc) is 2.41. The standard InChI is InChI=1S/C12H10O.C2H6O2/c1-3-7-11(8-4-1)13-12-9-5-2-6-10-12;3-1-2-4/h1-10H;3-4H,1-2H2. The van der Waals surface area contributed by atoms with Crippen molar-refractivity contribution in [3.05, 3.63) is 60.7 Å². The van der Waals surface area contributed by atoms with Crippen molar-refractivity contribution in [3.8, 4) is 11.5 Å². The van der Waals surface area contributed by atoms with E-state index in [2.05, 4.69) is 0 Å². The Kier molecular flexibility index (Phi) is 6.48. The molecule has 0 spiro atoms. The fourth-order valence-corrected chi connectivity index (χ4v) is 1.11. The SMILES string of the molecule is OCCO.c1ccc(Oc2ccccc2)cc1. The Balaban J connectivity index is 0.000000317. The monoisotopic (exact) mass is 232 g/mol. The van der Waals surface area contributed by atoms with Crippen molar-refractivity contribution in [1.82, 2.24) is 0 Å². The Bertz CT molecular complexity index is 347. The molecule has 0 saturated heterocycles. The number of para-hydroxylation sites is 2. The predicted molar refractivity (Wildman–Crippen MR) is 67.1 cm³/mol. The zero-order valence-electron chi connectivity index (χ0n) is 9.49. The minimum absolute atomic E-state index is 0.125. The minimum atomic E-state index is -0.125. The first-order valence-corrected chi connectivity index (χ1v) is 5.36. The fraction of sp³-hybridized carbons (Fsp3) is 0.143. The van der Waals surface area contributed by atoms with Gasteiger partial charge in [0.05, 0.1) is 13.2 Å². The first-order valence-electron chi connectivity index (χ1n) is 5.36. The molecule has 0 atom stereocenters. The van der Waals surface area contributed by atoms with Crippen LogP contribution in [0.25, 0.3) is 0 Å². The number of benzene rings is 2. The lowest BCUT2D eigenvalue weighted by atomic mass is 10.3. The Hall–Kier alpha value is -1.84. The molecule has 0 fully saturated rings. The first-order chi connectivity index (χ1) is 8.36. The summed E-state index contributed by atoms with van der Waals surface area (Å²) in [5.74, 6) is 1.74. The van der Waals surface area contributed by atoms with Crippen LogP contribution < -0.4 is 4.74 Å². The third-order valence-electron chi connectivity index (χ3n) is 1.82. The van der Waals surface area contributed by atoms with Crippen LogP contribution in [0.5, 0.6) is 11.5 Å². The number of ether oxygens (including phenoxy) is 1. The zero-order chi connectivity index (χ0) is 12.3. The van der Waals surface area contributed by atoms with E-state index in [0.717, 1.165) is 11.5 Å². The van der Waals surface area contributed by atoms with Crippen LogP contribution in [-0.2, 0) is 0 Å². The Labute approximate surface area is 101 Å². The van der Waals surface area contributed by atoms with Crippen LogP contribution in [0.3, 0.4) is 0 Å². The third-order valence-corrected chi connectivity index (χ3v) is 1.82. The van der Waals surface area contributed by atoms with E-state index in [9.17, 15) is 0 Å². The van der Waals surface area contributed by atoms with Crippen LogP contribution in [0.2, 0.25) is 0 Å². The lowest BCUT2D eigenvalue weighted by Crippen LogP contribution is -1.85. The topological polar surface area (TPSA) is 49.7 Å². The normalized spacial score (nSPS) is 9.06. The predicted octanol–water partition coefficient (Wildman–Crippen LogP) is 2.45. The first kappa shape index (κ1) is 13.2. The maximum absolute atomic E-state index is 7.62. The Morgan fingerprint density at radius 1 is 0.647 bits per heavy atom. The van der Waals surface area contributed by atoms with Crippen LogP contribution in [-0.4, -0.2) is 23.4 Å². The molecule has 0 amide bonds. The average molecular weight is 232 g/mol. The van der Waals surface area contributed by atoms with E-state index < -0.39 is 0 Å². The summed E-state index contributed by atoms with van der Waals surface area (Å²) < 4.78 is 5.58. The van der Waals surface area contributed by atoms with E-state index in [0.29, 0.717) is 0 Å². The van der Waals surface area contributed by atoms with E-state index in [-0.39, 0.29) is 13.2 Å². The van der Waals surface area contributed by atoms with Crippen molar-refractivity contribution >= 4 is 0 Å². The van der Waals surface area contributed by atoms with Crippen molar-refractivity contribution in [2.24, 2.45) is 0 Å². The molecule has 3 heteroatoms.